The van der Waals surface area contributed by atoms with Crippen molar-refractivity contribution in [1.82, 2.24) is 24.6 Å². The van der Waals surface area contributed by atoms with E-state index in [9.17, 15) is 14.0 Å². The average molecular weight is 421 g/mol. The molecule has 0 saturated carbocycles. The van der Waals surface area contributed by atoms with Crippen LogP contribution in [0.25, 0.3) is 5.82 Å². The Morgan fingerprint density at radius 1 is 1.00 bits per heavy atom. The number of carbonyl (C=O) groups excluding carboxylic acids is 2. The van der Waals surface area contributed by atoms with Crippen molar-refractivity contribution in [2.24, 2.45) is 0 Å². The van der Waals surface area contributed by atoms with Gasteiger partial charge in [0.2, 0.25) is 5.91 Å². The molecule has 3 aromatic rings. The first-order valence-corrected chi connectivity index (χ1v) is 10.4. The zero-order valence-corrected chi connectivity index (χ0v) is 17.4. The van der Waals surface area contributed by atoms with Crippen molar-refractivity contribution in [2.75, 3.05) is 26.2 Å². The first kappa shape index (κ1) is 20.7. The number of hydrogen-bond acceptors (Lipinski definition) is 4. The second-order valence-electron chi connectivity index (χ2n) is 7.43. The summed E-state index contributed by atoms with van der Waals surface area (Å²) in [6.07, 6.45) is 4.17. The molecule has 3 heterocycles. The Balaban J connectivity index is 1.40. The van der Waals surface area contributed by atoms with E-state index in [1.165, 1.54) is 12.1 Å². The molecule has 2 amide bonds. The number of amides is 2. The molecule has 4 rings (SSSR count). The average Bonchev–Trinajstić information content (AvgIpc) is 3.25. The van der Waals surface area contributed by atoms with Crippen LogP contribution in [-0.2, 0) is 17.6 Å². The summed E-state index contributed by atoms with van der Waals surface area (Å²) in [4.78, 5) is 33.5. The molecule has 0 bridgehead atoms. The van der Waals surface area contributed by atoms with E-state index in [0.717, 1.165) is 11.3 Å². The zero-order chi connectivity index (χ0) is 21.8. The minimum Gasteiger partial charge on any atom is -0.339 e. The Kier molecular flexibility index (Phi) is 6.06. The number of pyridine rings is 1. The molecule has 1 saturated heterocycles. The van der Waals surface area contributed by atoms with E-state index in [1.54, 1.807) is 39.0 Å². The summed E-state index contributed by atoms with van der Waals surface area (Å²) in [5, 5.41) is 4.38. The van der Waals surface area contributed by atoms with Crippen molar-refractivity contribution < 1.29 is 14.0 Å². The summed E-state index contributed by atoms with van der Waals surface area (Å²) < 4.78 is 14.8. The van der Waals surface area contributed by atoms with Gasteiger partial charge in [-0.15, -0.1) is 0 Å². The van der Waals surface area contributed by atoms with Gasteiger partial charge in [0.05, 0.1) is 23.9 Å². The molecule has 0 atom stereocenters. The van der Waals surface area contributed by atoms with Gasteiger partial charge in [-0.25, -0.2) is 14.1 Å². The molecule has 0 N–H and O–H groups in total. The van der Waals surface area contributed by atoms with Crippen LogP contribution in [0.5, 0.6) is 0 Å². The minimum atomic E-state index is -0.318. The molecule has 8 heteroatoms. The highest BCUT2D eigenvalue weighted by Gasteiger charge is 2.27. The molecule has 0 unspecified atom stereocenters. The highest BCUT2D eigenvalue weighted by atomic mass is 19.1. The normalized spacial score (nSPS) is 14.0. The van der Waals surface area contributed by atoms with E-state index in [0.29, 0.717) is 44.0 Å². The molecule has 7 nitrogen and oxygen atoms in total. The number of hydrogen-bond donors (Lipinski definition) is 0. The lowest BCUT2D eigenvalue weighted by molar-refractivity contribution is -0.131. The topological polar surface area (TPSA) is 71.3 Å². The van der Waals surface area contributed by atoms with Gasteiger partial charge in [0.1, 0.15) is 5.82 Å². The number of carbonyl (C=O) groups is 2. The summed E-state index contributed by atoms with van der Waals surface area (Å²) in [6, 6.07) is 11.5. The minimum absolute atomic E-state index is 0.0177. The summed E-state index contributed by atoms with van der Waals surface area (Å²) >= 11 is 0. The summed E-state index contributed by atoms with van der Waals surface area (Å²) in [5.74, 6) is 0.261. The fourth-order valence-corrected chi connectivity index (χ4v) is 3.79. The Bertz CT molecular complexity index is 1060. The van der Waals surface area contributed by atoms with Crippen molar-refractivity contribution in [3.05, 3.63) is 77.5 Å². The maximum atomic E-state index is 13.1. The standard InChI is InChI=1S/C23H24FN5O2/c1-2-20-19(16-26-29(20)21-5-3-4-10-25-21)23(31)28-13-11-27(12-14-28)22(30)15-17-6-8-18(24)9-7-17/h3-10,16H,2,11-15H2,1H3. The first-order chi connectivity index (χ1) is 15.1. The van der Waals surface area contributed by atoms with Crippen LogP contribution < -0.4 is 0 Å². The largest absolute Gasteiger partial charge is 0.339 e. The Morgan fingerprint density at radius 3 is 2.35 bits per heavy atom. The van der Waals surface area contributed by atoms with Gasteiger partial charge in [0.25, 0.3) is 5.91 Å². The number of benzene rings is 1. The van der Waals surface area contributed by atoms with Crippen LogP contribution in [0.4, 0.5) is 4.39 Å². The molecule has 31 heavy (non-hydrogen) atoms. The lowest BCUT2D eigenvalue weighted by atomic mass is 10.1. The number of piperazine rings is 1. The molecule has 0 spiro atoms. The molecular formula is C23H24FN5O2. The molecule has 2 aromatic heterocycles. The fourth-order valence-electron chi connectivity index (χ4n) is 3.79. The Labute approximate surface area is 180 Å². The van der Waals surface area contributed by atoms with Crippen molar-refractivity contribution in [2.45, 2.75) is 19.8 Å². The summed E-state index contributed by atoms with van der Waals surface area (Å²) in [7, 11) is 0. The third-order valence-electron chi connectivity index (χ3n) is 5.49. The molecule has 0 radical (unpaired) electrons. The highest BCUT2D eigenvalue weighted by molar-refractivity contribution is 5.95. The predicted molar refractivity (Wildman–Crippen MR) is 113 cm³/mol. The molecule has 160 valence electrons. The van der Waals surface area contributed by atoms with Crippen molar-refractivity contribution in [3.63, 3.8) is 0 Å². The second kappa shape index (κ2) is 9.07. The number of aromatic nitrogens is 3. The van der Waals surface area contributed by atoms with Gasteiger partial charge in [-0.1, -0.05) is 25.1 Å². The van der Waals surface area contributed by atoms with Crippen LogP contribution >= 0.6 is 0 Å². The van der Waals surface area contributed by atoms with E-state index in [-0.39, 0.29) is 24.1 Å². The third-order valence-corrected chi connectivity index (χ3v) is 5.49. The zero-order valence-electron chi connectivity index (χ0n) is 17.4. The van der Waals surface area contributed by atoms with Crippen LogP contribution in [0.15, 0.2) is 54.9 Å². The molecule has 1 aromatic carbocycles. The Hall–Kier alpha value is -3.55. The van der Waals surface area contributed by atoms with E-state index in [1.807, 2.05) is 25.1 Å². The van der Waals surface area contributed by atoms with Crippen molar-refractivity contribution in [3.8, 4) is 5.82 Å². The highest BCUT2D eigenvalue weighted by Crippen LogP contribution is 2.18. The van der Waals surface area contributed by atoms with E-state index in [2.05, 4.69) is 10.1 Å². The van der Waals surface area contributed by atoms with E-state index in [4.69, 9.17) is 0 Å². The maximum Gasteiger partial charge on any atom is 0.257 e. The maximum absolute atomic E-state index is 13.1. The number of halogens is 1. The van der Waals surface area contributed by atoms with Gasteiger partial charge in [-0.3, -0.25) is 9.59 Å². The van der Waals surface area contributed by atoms with Crippen molar-refractivity contribution >= 4 is 11.8 Å². The molecule has 1 aliphatic rings. The third kappa shape index (κ3) is 4.47. The van der Waals surface area contributed by atoms with Crippen LogP contribution in [0.1, 0.15) is 28.5 Å². The van der Waals surface area contributed by atoms with Gasteiger partial charge >= 0.3 is 0 Å². The van der Waals surface area contributed by atoms with Gasteiger partial charge in [-0.05, 0) is 36.2 Å². The quantitative estimate of drug-likeness (QED) is 0.635. The smallest absolute Gasteiger partial charge is 0.257 e. The van der Waals surface area contributed by atoms with Gasteiger partial charge < -0.3 is 9.80 Å². The van der Waals surface area contributed by atoms with E-state index < -0.39 is 0 Å². The predicted octanol–water partition coefficient (Wildman–Crippen LogP) is 2.50. The second-order valence-corrected chi connectivity index (χ2v) is 7.43. The lowest BCUT2D eigenvalue weighted by Gasteiger charge is -2.35. The van der Waals surface area contributed by atoms with Crippen LogP contribution in [-0.4, -0.2) is 62.6 Å². The van der Waals surface area contributed by atoms with Gasteiger partial charge in [-0.2, -0.15) is 5.10 Å². The lowest BCUT2D eigenvalue weighted by Crippen LogP contribution is -2.51. The van der Waals surface area contributed by atoms with Crippen LogP contribution in [0.3, 0.4) is 0 Å². The molecule has 1 aliphatic heterocycles. The Morgan fingerprint density at radius 2 is 1.71 bits per heavy atom. The molecular weight excluding hydrogens is 397 g/mol. The summed E-state index contributed by atoms with van der Waals surface area (Å²) in [6.45, 7) is 3.86. The molecule has 1 fully saturated rings. The van der Waals surface area contributed by atoms with E-state index >= 15 is 0 Å². The number of nitrogens with zero attached hydrogens (tertiary/aromatic N) is 5. The first-order valence-electron chi connectivity index (χ1n) is 10.4. The van der Waals surface area contributed by atoms with Gasteiger partial charge in [0.15, 0.2) is 5.82 Å². The number of rotatable bonds is 5. The summed E-state index contributed by atoms with van der Waals surface area (Å²) in [5.41, 5.74) is 2.16. The van der Waals surface area contributed by atoms with Crippen LogP contribution in [0, 0.1) is 5.82 Å². The SMILES string of the molecule is CCc1c(C(=O)N2CCN(C(=O)Cc3ccc(F)cc3)CC2)cnn1-c1ccccn1. The fraction of sp³-hybridized carbons (Fsp3) is 0.304. The van der Waals surface area contributed by atoms with Gasteiger partial charge in [0, 0.05) is 32.4 Å². The van der Waals surface area contributed by atoms with Crippen LogP contribution in [0.2, 0.25) is 0 Å². The monoisotopic (exact) mass is 421 g/mol. The molecule has 0 aliphatic carbocycles. The van der Waals surface area contributed by atoms with Crippen molar-refractivity contribution in [1.29, 1.82) is 0 Å².